The van der Waals surface area contributed by atoms with Crippen LogP contribution in [-0.2, 0) is 13.0 Å². The quantitative estimate of drug-likeness (QED) is 0.713. The summed E-state index contributed by atoms with van der Waals surface area (Å²) < 4.78 is 5.28. The van der Waals surface area contributed by atoms with Crippen molar-refractivity contribution in [3.63, 3.8) is 0 Å². The monoisotopic (exact) mass is 396 g/mol. The molecule has 2 aliphatic rings. The van der Waals surface area contributed by atoms with Gasteiger partial charge in [0.05, 0.1) is 16.6 Å². The first-order valence-electron chi connectivity index (χ1n) is 9.97. The number of fused-ring (bicyclic) bond motifs is 1. The number of aryl methyl sites for hydroxylation is 1. The van der Waals surface area contributed by atoms with Crippen molar-refractivity contribution in [3.05, 3.63) is 45.9 Å². The third-order valence-corrected chi connectivity index (χ3v) is 7.03. The number of hydrogen-bond acceptors (Lipinski definition) is 6. The number of rotatable bonds is 5. The lowest BCUT2D eigenvalue weighted by Gasteiger charge is -2.29. The SMILES string of the molecule is CCc1noc2ncc(C(=O)N(Cc3ccsc3)C3CC34CCNCC4)cc12. The Bertz CT molecular complexity index is 991. The van der Waals surface area contributed by atoms with E-state index in [1.165, 1.54) is 5.56 Å². The third kappa shape index (κ3) is 3.02. The molecule has 7 heteroatoms. The highest BCUT2D eigenvalue weighted by atomic mass is 32.1. The second kappa shape index (κ2) is 6.97. The lowest BCUT2D eigenvalue weighted by Crippen LogP contribution is -2.39. The molecule has 28 heavy (non-hydrogen) atoms. The highest BCUT2D eigenvalue weighted by Crippen LogP contribution is 2.56. The van der Waals surface area contributed by atoms with Crippen molar-refractivity contribution < 1.29 is 9.32 Å². The Morgan fingerprint density at radius 1 is 1.43 bits per heavy atom. The molecule has 1 saturated carbocycles. The van der Waals surface area contributed by atoms with Crippen LogP contribution in [0, 0.1) is 5.41 Å². The number of aromatic nitrogens is 2. The summed E-state index contributed by atoms with van der Waals surface area (Å²) in [5.74, 6) is 0.0595. The van der Waals surface area contributed by atoms with Crippen LogP contribution in [0.25, 0.3) is 11.1 Å². The van der Waals surface area contributed by atoms with Crippen LogP contribution in [0.4, 0.5) is 0 Å². The lowest BCUT2D eigenvalue weighted by molar-refractivity contribution is 0.0692. The minimum atomic E-state index is 0.0595. The van der Waals surface area contributed by atoms with Crippen molar-refractivity contribution in [2.45, 2.75) is 45.2 Å². The van der Waals surface area contributed by atoms with Crippen LogP contribution in [0.3, 0.4) is 0 Å². The number of carbonyl (C=O) groups is 1. The van der Waals surface area contributed by atoms with Crippen LogP contribution >= 0.6 is 11.3 Å². The van der Waals surface area contributed by atoms with Crippen molar-refractivity contribution in [2.24, 2.45) is 5.41 Å². The fraction of sp³-hybridized carbons (Fsp3) is 0.476. The molecule has 3 aromatic rings. The number of thiophene rings is 1. The molecular formula is C21H24N4O2S. The number of carbonyl (C=O) groups excluding carboxylic acids is 1. The summed E-state index contributed by atoms with van der Waals surface area (Å²) in [4.78, 5) is 20.0. The van der Waals surface area contributed by atoms with Crippen LogP contribution in [-0.4, -0.2) is 40.1 Å². The zero-order valence-electron chi connectivity index (χ0n) is 16.0. The second-order valence-corrected chi connectivity index (χ2v) is 8.74. The lowest BCUT2D eigenvalue weighted by atomic mass is 9.93. The van der Waals surface area contributed by atoms with Gasteiger partial charge in [0.1, 0.15) is 0 Å². The smallest absolute Gasteiger partial charge is 0.257 e. The molecule has 1 spiro atoms. The molecule has 146 valence electrons. The van der Waals surface area contributed by atoms with Crippen LogP contribution in [0.1, 0.15) is 47.8 Å². The molecular weight excluding hydrogens is 372 g/mol. The van der Waals surface area contributed by atoms with E-state index in [0.717, 1.165) is 49.9 Å². The molecule has 0 bridgehead atoms. The van der Waals surface area contributed by atoms with Gasteiger partial charge in [-0.05, 0) is 72.6 Å². The van der Waals surface area contributed by atoms with Crippen molar-refractivity contribution in [3.8, 4) is 0 Å². The van der Waals surface area contributed by atoms with Crippen molar-refractivity contribution >= 4 is 28.3 Å². The first-order chi connectivity index (χ1) is 13.7. The number of amides is 1. The van der Waals surface area contributed by atoms with E-state index in [-0.39, 0.29) is 5.91 Å². The minimum Gasteiger partial charge on any atom is -0.336 e. The molecule has 6 nitrogen and oxygen atoms in total. The standard InChI is InChI=1S/C21H24N4O2S/c1-2-17-16-9-15(11-23-19(16)27-24-17)20(26)25(12-14-3-8-28-13-14)18-10-21(18)4-6-22-7-5-21/h3,8-9,11,13,18,22H,2,4-7,10,12H2,1H3. The van der Waals surface area contributed by atoms with Gasteiger partial charge in [0.15, 0.2) is 0 Å². The second-order valence-electron chi connectivity index (χ2n) is 7.96. The summed E-state index contributed by atoms with van der Waals surface area (Å²) in [6, 6.07) is 4.32. The summed E-state index contributed by atoms with van der Waals surface area (Å²) in [5.41, 5.74) is 3.46. The number of nitrogens with one attached hydrogen (secondary N) is 1. The maximum atomic E-state index is 13.6. The Kier molecular flexibility index (Phi) is 4.44. The Balaban J connectivity index is 1.47. The van der Waals surface area contributed by atoms with Crippen molar-refractivity contribution in [1.29, 1.82) is 0 Å². The van der Waals surface area contributed by atoms with Crippen molar-refractivity contribution in [2.75, 3.05) is 13.1 Å². The molecule has 2 fully saturated rings. The fourth-order valence-corrected chi connectivity index (χ4v) is 5.21. The zero-order valence-corrected chi connectivity index (χ0v) is 16.8. The van der Waals surface area contributed by atoms with Gasteiger partial charge in [-0.15, -0.1) is 0 Å². The summed E-state index contributed by atoms with van der Waals surface area (Å²) in [7, 11) is 0. The molecule has 4 heterocycles. The highest BCUT2D eigenvalue weighted by molar-refractivity contribution is 7.07. The predicted octanol–water partition coefficient (Wildman–Crippen LogP) is 3.63. The normalized spacial score (nSPS) is 20.5. The average Bonchev–Trinajstić information content (AvgIpc) is 3.09. The number of piperidine rings is 1. The largest absolute Gasteiger partial charge is 0.336 e. The van der Waals surface area contributed by atoms with E-state index in [1.54, 1.807) is 17.5 Å². The molecule has 3 aromatic heterocycles. The molecule has 1 aliphatic carbocycles. The van der Waals surface area contributed by atoms with E-state index >= 15 is 0 Å². The zero-order chi connectivity index (χ0) is 19.1. The van der Waals surface area contributed by atoms with Gasteiger partial charge >= 0.3 is 0 Å². The molecule has 1 atom stereocenters. The van der Waals surface area contributed by atoms with Gasteiger partial charge in [-0.3, -0.25) is 4.79 Å². The molecule has 1 aliphatic heterocycles. The molecule has 1 saturated heterocycles. The first kappa shape index (κ1) is 17.8. The number of pyridine rings is 1. The third-order valence-electron chi connectivity index (χ3n) is 6.30. The van der Waals surface area contributed by atoms with E-state index in [9.17, 15) is 4.79 Å². The molecule has 5 rings (SSSR count). The van der Waals surface area contributed by atoms with Gasteiger partial charge in [-0.2, -0.15) is 11.3 Å². The number of hydrogen-bond donors (Lipinski definition) is 1. The van der Waals surface area contributed by atoms with E-state index in [0.29, 0.717) is 29.3 Å². The van der Waals surface area contributed by atoms with Crippen LogP contribution < -0.4 is 5.32 Å². The molecule has 1 N–H and O–H groups in total. The number of nitrogens with zero attached hydrogens (tertiary/aromatic N) is 3. The maximum absolute atomic E-state index is 13.6. The summed E-state index contributed by atoms with van der Waals surface area (Å²) in [5, 5.41) is 12.6. The first-order valence-corrected chi connectivity index (χ1v) is 10.9. The molecule has 1 unspecified atom stereocenters. The van der Waals surface area contributed by atoms with Gasteiger partial charge in [0, 0.05) is 18.8 Å². The summed E-state index contributed by atoms with van der Waals surface area (Å²) in [6.45, 7) is 4.78. The van der Waals surface area contributed by atoms with E-state index in [2.05, 4.69) is 37.2 Å². The average molecular weight is 397 g/mol. The van der Waals surface area contributed by atoms with Gasteiger partial charge in [-0.25, -0.2) is 4.98 Å². The minimum absolute atomic E-state index is 0.0595. The summed E-state index contributed by atoms with van der Waals surface area (Å²) in [6.07, 6.45) is 5.78. The Labute approximate surface area is 167 Å². The summed E-state index contributed by atoms with van der Waals surface area (Å²) >= 11 is 1.68. The molecule has 0 aromatic carbocycles. The molecule has 1 amide bonds. The van der Waals surface area contributed by atoms with Gasteiger partial charge < -0.3 is 14.7 Å². The van der Waals surface area contributed by atoms with Gasteiger partial charge in [-0.1, -0.05) is 12.1 Å². The fourth-order valence-electron chi connectivity index (χ4n) is 4.55. The maximum Gasteiger partial charge on any atom is 0.257 e. The highest BCUT2D eigenvalue weighted by Gasteiger charge is 2.57. The topological polar surface area (TPSA) is 71.3 Å². The Morgan fingerprint density at radius 2 is 2.29 bits per heavy atom. The molecule has 0 radical (unpaired) electrons. The van der Waals surface area contributed by atoms with Crippen molar-refractivity contribution in [1.82, 2.24) is 20.4 Å². The Morgan fingerprint density at radius 3 is 3.04 bits per heavy atom. The van der Waals surface area contributed by atoms with E-state index in [1.807, 2.05) is 13.0 Å². The Hall–Kier alpha value is -2.25. The predicted molar refractivity (Wildman–Crippen MR) is 108 cm³/mol. The van der Waals surface area contributed by atoms with Crippen LogP contribution in [0.2, 0.25) is 0 Å². The van der Waals surface area contributed by atoms with E-state index < -0.39 is 0 Å². The van der Waals surface area contributed by atoms with E-state index in [4.69, 9.17) is 4.52 Å². The van der Waals surface area contributed by atoms with Crippen LogP contribution in [0.5, 0.6) is 0 Å². The van der Waals surface area contributed by atoms with Gasteiger partial charge in [0.25, 0.3) is 11.6 Å². The van der Waals surface area contributed by atoms with Crippen LogP contribution in [0.15, 0.2) is 33.6 Å². The van der Waals surface area contributed by atoms with Gasteiger partial charge in [0.2, 0.25) is 0 Å².